The van der Waals surface area contributed by atoms with Crippen LogP contribution in [0.1, 0.15) is 103 Å². The molecule has 1 saturated heterocycles. The van der Waals surface area contributed by atoms with Crippen LogP contribution in [0.4, 0.5) is 0 Å². The van der Waals surface area contributed by atoms with E-state index in [0.717, 1.165) is 21.6 Å². The van der Waals surface area contributed by atoms with Gasteiger partial charge in [-0.3, -0.25) is 48.5 Å². The molecule has 0 radical (unpaired) electrons. The van der Waals surface area contributed by atoms with Crippen LogP contribution < -0.4 is 15.4 Å². The number of benzene rings is 2. The molecule has 0 spiro atoms. The lowest BCUT2D eigenvalue weighted by atomic mass is 9.99. The van der Waals surface area contributed by atoms with Gasteiger partial charge in [-0.1, -0.05) is 29.8 Å². The maximum atomic E-state index is 13.7. The van der Waals surface area contributed by atoms with E-state index >= 15 is 0 Å². The Morgan fingerprint density at radius 1 is 1.00 bits per heavy atom. The SMILES string of the molecule is COC(=O)C[C@@H]1N=C(c2ccc(Cl)cc2)c2c(sc(C(=O)NCCCCCOc3cccc4c3C(=O)N(C3CCC(=O)NC3=O)C4=O)c2C)-n2c(C)nnc21. The highest BCUT2D eigenvalue weighted by Crippen LogP contribution is 2.40. The summed E-state index contributed by atoms with van der Waals surface area (Å²) in [5, 5.41) is 15.2. The molecule has 3 aliphatic rings. The molecule has 284 valence electrons. The number of nitrogens with one attached hydrogen (secondary N) is 2. The lowest BCUT2D eigenvalue weighted by molar-refractivity contribution is -0.141. The number of imide groups is 2. The van der Waals surface area contributed by atoms with E-state index in [9.17, 15) is 28.8 Å². The number of amides is 5. The molecule has 3 aliphatic heterocycles. The van der Waals surface area contributed by atoms with E-state index in [-0.39, 0.29) is 48.7 Å². The highest BCUT2D eigenvalue weighted by atomic mass is 35.5. The first-order valence-corrected chi connectivity index (χ1v) is 18.9. The number of piperidine rings is 1. The van der Waals surface area contributed by atoms with Crippen LogP contribution in [-0.4, -0.2) is 87.2 Å². The van der Waals surface area contributed by atoms with Crippen molar-refractivity contribution in [1.82, 2.24) is 30.3 Å². The summed E-state index contributed by atoms with van der Waals surface area (Å²) in [6.45, 7) is 4.33. The Bertz CT molecular complexity index is 2280. The number of methoxy groups -OCH3 is 1. The molecule has 1 unspecified atom stereocenters. The van der Waals surface area contributed by atoms with Crippen LogP contribution in [-0.2, 0) is 19.1 Å². The third kappa shape index (κ3) is 7.14. The highest BCUT2D eigenvalue weighted by Gasteiger charge is 2.46. The molecule has 55 heavy (non-hydrogen) atoms. The molecule has 2 atom stereocenters. The van der Waals surface area contributed by atoms with Gasteiger partial charge in [-0.15, -0.1) is 21.5 Å². The van der Waals surface area contributed by atoms with E-state index in [2.05, 4.69) is 20.8 Å². The first kappa shape index (κ1) is 37.6. The average molecular weight is 786 g/mol. The number of aliphatic imine (C=N–C) groups is 1. The minimum Gasteiger partial charge on any atom is -0.493 e. The van der Waals surface area contributed by atoms with Gasteiger partial charge >= 0.3 is 5.97 Å². The molecule has 5 heterocycles. The van der Waals surface area contributed by atoms with Gasteiger partial charge < -0.3 is 14.8 Å². The third-order valence-electron chi connectivity index (χ3n) is 9.71. The lowest BCUT2D eigenvalue weighted by Crippen LogP contribution is -2.54. The van der Waals surface area contributed by atoms with E-state index < -0.39 is 41.7 Å². The van der Waals surface area contributed by atoms with Gasteiger partial charge in [-0.05, 0) is 69.4 Å². The summed E-state index contributed by atoms with van der Waals surface area (Å²) in [6.07, 6.45) is 2.00. The summed E-state index contributed by atoms with van der Waals surface area (Å²) in [6, 6.07) is 10.2. The number of rotatable bonds is 12. The van der Waals surface area contributed by atoms with Crippen LogP contribution in [0.3, 0.4) is 0 Å². The molecule has 1 fully saturated rings. The molecule has 0 bridgehead atoms. The number of halogens is 1. The number of carbonyl (C=O) groups excluding carboxylic acids is 6. The maximum Gasteiger partial charge on any atom is 0.308 e. The first-order chi connectivity index (χ1) is 26.5. The second kappa shape index (κ2) is 15.5. The third-order valence-corrected chi connectivity index (χ3v) is 11.2. The van der Waals surface area contributed by atoms with Crippen molar-refractivity contribution in [2.24, 2.45) is 4.99 Å². The number of nitrogens with zero attached hydrogens (tertiary/aromatic N) is 5. The summed E-state index contributed by atoms with van der Waals surface area (Å²) in [7, 11) is 1.32. The number of hydrogen-bond acceptors (Lipinski definition) is 12. The number of unbranched alkanes of at least 4 members (excludes halogenated alkanes) is 2. The minimum atomic E-state index is -1.06. The normalized spacial score (nSPS) is 17.5. The summed E-state index contributed by atoms with van der Waals surface area (Å²) < 4.78 is 12.7. The number of fused-ring (bicyclic) bond motifs is 4. The number of aryl methyl sites for hydroxylation is 1. The molecule has 0 aliphatic carbocycles. The van der Waals surface area contributed by atoms with E-state index in [0.29, 0.717) is 58.1 Å². The van der Waals surface area contributed by atoms with Gasteiger partial charge in [0.05, 0.1) is 41.9 Å². The van der Waals surface area contributed by atoms with Gasteiger partial charge in [-0.25, -0.2) is 0 Å². The molecule has 7 rings (SSSR count). The van der Waals surface area contributed by atoms with Gasteiger partial charge in [0.15, 0.2) is 5.82 Å². The topological polar surface area (TPSA) is 191 Å². The molecular weight excluding hydrogens is 750 g/mol. The standard InChI is InChI=1S/C38H36ClN7O8S/c1-19-29-31(21-10-12-22(39)13-11-21)41-24(18-28(48)53-3)33-44-43-20(2)45(33)38(29)55-32(19)35(50)40-16-5-4-6-17-54-26-9-7-8-23-30(26)37(52)46(36(23)51)25-14-15-27(47)42-34(25)49/h7-13,24-25H,4-6,14-18H2,1-3H3,(H,40,50)(H,42,47,49)/t24-,25?/m0/s1. The Balaban J connectivity index is 0.998. The van der Waals surface area contributed by atoms with Gasteiger partial charge in [0, 0.05) is 29.1 Å². The number of thiophene rings is 1. The minimum absolute atomic E-state index is 0.0343. The Labute approximate surface area is 324 Å². The molecule has 0 saturated carbocycles. The molecule has 2 aromatic heterocycles. The second-order valence-electron chi connectivity index (χ2n) is 13.2. The maximum absolute atomic E-state index is 13.7. The molecule has 15 nitrogen and oxygen atoms in total. The van der Waals surface area contributed by atoms with Crippen LogP contribution >= 0.6 is 22.9 Å². The number of ether oxygens (including phenoxy) is 2. The Morgan fingerprint density at radius 3 is 2.53 bits per heavy atom. The zero-order chi connectivity index (χ0) is 39.0. The predicted molar refractivity (Wildman–Crippen MR) is 200 cm³/mol. The largest absolute Gasteiger partial charge is 0.493 e. The van der Waals surface area contributed by atoms with Crippen molar-refractivity contribution in [2.75, 3.05) is 20.3 Å². The van der Waals surface area contributed by atoms with E-state index in [1.807, 2.05) is 23.6 Å². The van der Waals surface area contributed by atoms with Crippen LogP contribution in [0.2, 0.25) is 5.02 Å². The van der Waals surface area contributed by atoms with Crippen molar-refractivity contribution in [1.29, 1.82) is 0 Å². The van der Waals surface area contributed by atoms with Crippen molar-refractivity contribution in [3.05, 3.63) is 91.8 Å². The number of carbonyl (C=O) groups is 6. The predicted octanol–water partition coefficient (Wildman–Crippen LogP) is 4.43. The van der Waals surface area contributed by atoms with Gasteiger partial charge in [-0.2, -0.15) is 0 Å². The summed E-state index contributed by atoms with van der Waals surface area (Å²) >= 11 is 7.51. The lowest BCUT2D eigenvalue weighted by Gasteiger charge is -2.27. The van der Waals surface area contributed by atoms with Gasteiger partial charge in [0.1, 0.15) is 28.7 Å². The van der Waals surface area contributed by atoms with Crippen molar-refractivity contribution >= 4 is 64.2 Å². The molecule has 4 aromatic rings. The molecular formula is C38H36ClN7O8S. The summed E-state index contributed by atoms with van der Waals surface area (Å²) in [4.78, 5) is 83.0. The fourth-order valence-corrected chi connectivity index (χ4v) is 8.36. The Hall–Kier alpha value is -5.74. The number of esters is 1. The fraction of sp³-hybridized carbons (Fsp3) is 0.342. The monoisotopic (exact) mass is 785 g/mol. The van der Waals surface area contributed by atoms with Crippen molar-refractivity contribution in [3.63, 3.8) is 0 Å². The van der Waals surface area contributed by atoms with E-state index in [1.165, 1.54) is 24.5 Å². The Morgan fingerprint density at radius 2 is 1.78 bits per heavy atom. The smallest absolute Gasteiger partial charge is 0.308 e. The van der Waals surface area contributed by atoms with Crippen molar-refractivity contribution < 1.29 is 38.2 Å². The molecule has 5 amide bonds. The highest BCUT2D eigenvalue weighted by molar-refractivity contribution is 7.17. The molecule has 2 N–H and O–H groups in total. The zero-order valence-corrected chi connectivity index (χ0v) is 31.7. The van der Waals surface area contributed by atoms with Crippen molar-refractivity contribution in [3.8, 4) is 10.8 Å². The second-order valence-corrected chi connectivity index (χ2v) is 14.7. The first-order valence-electron chi connectivity index (χ1n) is 17.7. The van der Waals surface area contributed by atoms with Gasteiger partial charge in [0.25, 0.3) is 17.7 Å². The quantitative estimate of drug-likeness (QED) is 0.118. The van der Waals surface area contributed by atoms with E-state index in [4.69, 9.17) is 26.1 Å². The zero-order valence-electron chi connectivity index (χ0n) is 30.1. The number of aromatic nitrogens is 3. The Kier molecular flexibility index (Phi) is 10.6. The summed E-state index contributed by atoms with van der Waals surface area (Å²) in [5.41, 5.74) is 3.06. The van der Waals surface area contributed by atoms with Crippen LogP contribution in [0.5, 0.6) is 5.75 Å². The van der Waals surface area contributed by atoms with Crippen LogP contribution in [0.25, 0.3) is 5.00 Å². The number of hydrogen-bond donors (Lipinski definition) is 2. The van der Waals surface area contributed by atoms with Crippen molar-refractivity contribution in [2.45, 2.75) is 64.5 Å². The van der Waals surface area contributed by atoms with Crippen LogP contribution in [0.15, 0.2) is 47.5 Å². The fourth-order valence-electron chi connectivity index (χ4n) is 6.95. The average Bonchev–Trinajstić information content (AvgIpc) is 3.76. The van der Waals surface area contributed by atoms with Crippen LogP contribution in [0, 0.1) is 13.8 Å². The van der Waals surface area contributed by atoms with E-state index in [1.54, 1.807) is 31.2 Å². The molecule has 2 aromatic carbocycles. The summed E-state index contributed by atoms with van der Waals surface area (Å²) in [5.74, 6) is -1.74. The van der Waals surface area contributed by atoms with Gasteiger partial charge in [0.2, 0.25) is 11.8 Å². The molecule has 17 heteroatoms.